The first-order valence-corrected chi connectivity index (χ1v) is 5.72. The van der Waals surface area contributed by atoms with Crippen LogP contribution in [0.25, 0.3) is 11.1 Å². The summed E-state index contributed by atoms with van der Waals surface area (Å²) in [5.74, 6) is -5.21. The van der Waals surface area contributed by atoms with Crippen molar-refractivity contribution in [3.8, 4) is 0 Å². The number of hydrogen-bond donors (Lipinski definition) is 0. The van der Waals surface area contributed by atoms with E-state index < -0.39 is 43.2 Å². The predicted molar refractivity (Wildman–Crippen MR) is 58.4 cm³/mol. The van der Waals surface area contributed by atoms with Crippen molar-refractivity contribution in [2.75, 3.05) is 0 Å². The van der Waals surface area contributed by atoms with Crippen molar-refractivity contribution in [3.05, 3.63) is 11.1 Å². The summed E-state index contributed by atoms with van der Waals surface area (Å²) in [4.78, 5) is 48.4. The van der Waals surface area contributed by atoms with Gasteiger partial charge >= 0.3 is 31.6 Å². The van der Waals surface area contributed by atoms with Gasteiger partial charge < -0.3 is 11.1 Å². The smallest absolute Gasteiger partial charge is 0.360 e. The van der Waals surface area contributed by atoms with Crippen molar-refractivity contribution in [1.29, 1.82) is 0 Å². The molecule has 12 heteroatoms. The van der Waals surface area contributed by atoms with E-state index in [1.807, 2.05) is 0 Å². The zero-order valence-corrected chi connectivity index (χ0v) is 11.0. The lowest BCUT2D eigenvalue weighted by molar-refractivity contribution is -0.136. The summed E-state index contributed by atoms with van der Waals surface area (Å²) in [6, 6.07) is 0. The topological polar surface area (TPSA) is 177 Å². The molecule has 0 aromatic rings. The van der Waals surface area contributed by atoms with Crippen LogP contribution in [0.2, 0.25) is 0 Å². The molecule has 0 bridgehead atoms. The highest BCUT2D eigenvalue weighted by atomic mass is 31.1. The van der Waals surface area contributed by atoms with Crippen LogP contribution in [0.3, 0.4) is 0 Å². The third-order valence-electron chi connectivity index (χ3n) is 1.57. The molecule has 0 aliphatic rings. The molecular formula is C8H6N4O7P+. The van der Waals surface area contributed by atoms with E-state index in [0.717, 1.165) is 13.8 Å². The molecule has 20 heavy (non-hydrogen) atoms. The second-order valence-corrected chi connectivity index (χ2v) is 3.80. The number of rotatable bonds is 6. The summed E-state index contributed by atoms with van der Waals surface area (Å²) >= 11 is 0. The zero-order chi connectivity index (χ0) is 15.9. The van der Waals surface area contributed by atoms with Gasteiger partial charge in [-0.3, -0.25) is 9.59 Å². The van der Waals surface area contributed by atoms with Gasteiger partial charge in [0.15, 0.2) is 0 Å². The average Bonchev–Trinajstić information content (AvgIpc) is 2.28. The quantitative estimate of drug-likeness (QED) is 0.203. The van der Waals surface area contributed by atoms with Gasteiger partial charge in [0.1, 0.15) is 0 Å². The van der Waals surface area contributed by atoms with Crippen molar-refractivity contribution in [2.45, 2.75) is 13.8 Å². The van der Waals surface area contributed by atoms with Crippen LogP contribution in [0, 0.1) is 0 Å². The van der Waals surface area contributed by atoms with Crippen LogP contribution < -0.4 is 0 Å². The van der Waals surface area contributed by atoms with Gasteiger partial charge in [0, 0.05) is 18.4 Å². The monoisotopic (exact) mass is 301 g/mol. The molecule has 0 aromatic heterocycles. The number of nitrogens with zero attached hydrogens (tertiary/aromatic N) is 4. The molecule has 0 radical (unpaired) electrons. The Morgan fingerprint density at radius 3 is 1.35 bits per heavy atom. The van der Waals surface area contributed by atoms with Crippen LogP contribution in [0.1, 0.15) is 13.8 Å². The van der Waals surface area contributed by atoms with E-state index >= 15 is 0 Å². The Morgan fingerprint density at radius 2 is 1.15 bits per heavy atom. The van der Waals surface area contributed by atoms with Gasteiger partial charge in [-0.2, -0.15) is 18.6 Å². The first-order chi connectivity index (χ1) is 9.24. The Hall–Kier alpha value is -2.86. The summed E-state index contributed by atoms with van der Waals surface area (Å²) in [6.07, 6.45) is 0. The largest absolute Gasteiger partial charge is 0.812 e. The maximum Gasteiger partial charge on any atom is 0.812 e. The molecule has 0 aromatic carbocycles. The number of hydrogen-bond acceptors (Lipinski definition) is 7. The lowest BCUT2D eigenvalue weighted by Gasteiger charge is -1.86. The summed E-state index contributed by atoms with van der Waals surface area (Å²) in [7, 11) is -3.42. The molecule has 0 N–H and O–H groups in total. The van der Waals surface area contributed by atoms with Crippen molar-refractivity contribution in [3.63, 3.8) is 0 Å². The third kappa shape index (κ3) is 4.79. The normalized spacial score (nSPS) is 9.40. The fourth-order valence-corrected chi connectivity index (χ4v) is 1.23. The molecule has 104 valence electrons. The molecule has 0 aliphatic carbocycles. The maximum atomic E-state index is 11.1. The minimum atomic E-state index is -3.42. The molecule has 0 atom stereocenters. The Labute approximate surface area is 111 Å². The van der Waals surface area contributed by atoms with Gasteiger partial charge in [-0.1, -0.05) is 0 Å². The second kappa shape index (κ2) is 7.55. The van der Waals surface area contributed by atoms with Crippen LogP contribution in [0.5, 0.6) is 0 Å². The Kier molecular flexibility index (Phi) is 6.47. The lowest BCUT2D eigenvalue weighted by atomic mass is 10.3. The van der Waals surface area contributed by atoms with Crippen LogP contribution in [-0.2, 0) is 32.8 Å². The molecule has 11 nitrogen and oxygen atoms in total. The fourth-order valence-electron chi connectivity index (χ4n) is 0.750. The van der Waals surface area contributed by atoms with E-state index in [4.69, 9.17) is 11.1 Å². The van der Waals surface area contributed by atoms with Gasteiger partial charge in [0.05, 0.1) is 0 Å². The number of ketones is 2. The average molecular weight is 301 g/mol. The van der Waals surface area contributed by atoms with Crippen molar-refractivity contribution >= 4 is 43.2 Å². The molecule has 0 unspecified atom stereocenters. The molecule has 0 amide bonds. The molecule has 0 saturated heterocycles. The number of Topliss-reactive ketones (excluding diaryl/α,β-unsaturated/α-hetero) is 2. The van der Waals surface area contributed by atoms with Crippen molar-refractivity contribution in [1.82, 2.24) is 0 Å². The maximum absolute atomic E-state index is 11.1. The van der Waals surface area contributed by atoms with E-state index in [0.29, 0.717) is 0 Å². The van der Waals surface area contributed by atoms with Crippen molar-refractivity contribution in [2.24, 2.45) is 0 Å². The SMILES string of the molecule is CC(=O)C(=[N+]=[N-])C(=O)O[P+](=O)OC(=O)C(=[N+]=[N-])C(C)=O. The highest BCUT2D eigenvalue weighted by Gasteiger charge is 2.43. The van der Waals surface area contributed by atoms with E-state index in [-0.39, 0.29) is 0 Å². The molecule has 0 spiro atoms. The van der Waals surface area contributed by atoms with Gasteiger partial charge in [0.25, 0.3) is 0 Å². The standard InChI is InChI=1S/C8H6N4O7P/c1-3(13)5(11-9)7(15)18-20(17)19-8(16)6(12-10)4(2)14/h1-2H3/q+1. The van der Waals surface area contributed by atoms with Gasteiger partial charge in [-0.15, -0.1) is 0 Å². The summed E-state index contributed by atoms with van der Waals surface area (Å²) < 4.78 is 19.1. The van der Waals surface area contributed by atoms with Crippen LogP contribution in [-0.4, -0.2) is 44.5 Å². The summed E-state index contributed by atoms with van der Waals surface area (Å²) in [5, 5.41) is 0. The predicted octanol–water partition coefficient (Wildman–Crippen LogP) is -0.750. The highest BCUT2D eigenvalue weighted by molar-refractivity contribution is 7.35. The summed E-state index contributed by atoms with van der Waals surface area (Å²) in [6.45, 7) is 1.73. The fraction of sp³-hybridized carbons (Fsp3) is 0.250. The lowest BCUT2D eigenvalue weighted by Crippen LogP contribution is -2.26. The van der Waals surface area contributed by atoms with Gasteiger partial charge in [-0.25, -0.2) is 9.59 Å². The van der Waals surface area contributed by atoms with E-state index in [2.05, 4.69) is 18.6 Å². The Morgan fingerprint density at radius 1 is 0.850 bits per heavy atom. The van der Waals surface area contributed by atoms with E-state index in [9.17, 15) is 23.7 Å². The first kappa shape index (κ1) is 17.1. The zero-order valence-electron chi connectivity index (χ0n) is 10.1. The molecule has 0 aliphatic heterocycles. The van der Waals surface area contributed by atoms with Crippen LogP contribution >= 0.6 is 8.25 Å². The first-order valence-electron chi connectivity index (χ1n) is 4.62. The number of carbonyl (C=O) groups is 4. The van der Waals surface area contributed by atoms with E-state index in [1.165, 1.54) is 0 Å². The minimum absolute atomic E-state index is 0.863. The van der Waals surface area contributed by atoms with Gasteiger partial charge in [0.2, 0.25) is 11.6 Å². The molecule has 0 saturated carbocycles. The minimum Gasteiger partial charge on any atom is -0.360 e. The molecule has 0 rings (SSSR count). The van der Waals surface area contributed by atoms with Crippen molar-refractivity contribution < 1.29 is 42.4 Å². The summed E-state index contributed by atoms with van der Waals surface area (Å²) in [5.41, 5.74) is 14.5. The molecular weight excluding hydrogens is 295 g/mol. The van der Waals surface area contributed by atoms with Crippen LogP contribution in [0.15, 0.2) is 0 Å². The highest BCUT2D eigenvalue weighted by Crippen LogP contribution is 2.24. The van der Waals surface area contributed by atoms with E-state index in [1.54, 1.807) is 0 Å². The third-order valence-corrected chi connectivity index (χ3v) is 2.20. The molecule has 0 heterocycles. The Bertz CT molecular complexity index is 560. The Balaban J connectivity index is 4.83. The molecule has 0 fully saturated rings. The number of carbonyl (C=O) groups excluding carboxylic acids is 4. The van der Waals surface area contributed by atoms with Gasteiger partial charge in [-0.05, 0) is 0 Å². The van der Waals surface area contributed by atoms with Crippen LogP contribution in [0.4, 0.5) is 0 Å². The second-order valence-electron chi connectivity index (χ2n) is 2.99.